The summed E-state index contributed by atoms with van der Waals surface area (Å²) >= 11 is 0. The molecule has 0 N–H and O–H groups in total. The Bertz CT molecular complexity index is 2460. The largest absolute Gasteiger partial charge is 0.364 e. The van der Waals surface area contributed by atoms with Crippen LogP contribution in [0.2, 0.25) is 0 Å². The molecular formula is C51H46N2. The van der Waals surface area contributed by atoms with Gasteiger partial charge in [0.15, 0.2) is 0 Å². The fourth-order valence-corrected chi connectivity index (χ4v) is 8.20. The molecule has 0 aliphatic carbocycles. The Hall–Kier alpha value is -5.99. The molecule has 0 bridgehead atoms. The fraction of sp³-hybridized carbons (Fsp3) is 0.157. The van der Waals surface area contributed by atoms with Gasteiger partial charge < -0.3 is 4.90 Å². The third kappa shape index (κ3) is 6.62. The SMILES string of the molecule is C=C/C(=C\C=C/C)C1C=C(c2cc(-c3cc4ccccc4c4ccccc34)cc(C3CC[C@@](C)(c4ccccc4)C=N3)c2)C=C(c2ccccc2)N1C. The van der Waals surface area contributed by atoms with Crippen LogP contribution >= 0.6 is 0 Å². The van der Waals surface area contributed by atoms with Crippen LogP contribution in [0.1, 0.15) is 55.0 Å². The van der Waals surface area contributed by atoms with Gasteiger partial charge in [-0.1, -0.05) is 147 Å². The highest BCUT2D eigenvalue weighted by atomic mass is 15.1. The van der Waals surface area contributed by atoms with Crippen LogP contribution in [0.4, 0.5) is 0 Å². The summed E-state index contributed by atoms with van der Waals surface area (Å²) in [4.78, 5) is 7.70. The predicted molar refractivity (Wildman–Crippen MR) is 228 cm³/mol. The Labute approximate surface area is 314 Å². The zero-order valence-electron chi connectivity index (χ0n) is 30.9. The molecule has 2 aliphatic rings. The van der Waals surface area contributed by atoms with E-state index < -0.39 is 0 Å². The van der Waals surface area contributed by atoms with Crippen molar-refractivity contribution in [2.45, 2.75) is 44.2 Å². The number of rotatable bonds is 8. The van der Waals surface area contributed by atoms with E-state index in [-0.39, 0.29) is 17.5 Å². The Balaban J connectivity index is 1.34. The summed E-state index contributed by atoms with van der Waals surface area (Å²) in [6.07, 6.45) is 17.3. The van der Waals surface area contributed by atoms with Crippen molar-refractivity contribution in [3.63, 3.8) is 0 Å². The standard InChI is InChI=1S/C51H46N2/c1-5-7-18-36(6-2)49-33-40(34-50(53(49)4)37-19-10-8-11-20-37)39-29-41(47-32-38-21-14-15-24-44(38)45-25-16-17-26-46(45)47)31-42(30-39)48-27-28-51(3,35-52-48)43-22-12-9-13-23-43/h5-26,29-35,48-49H,2,27-28H2,1,3-4H3/b7-5-,36-18+/t48?,49?,51-/m1/s1. The van der Waals surface area contributed by atoms with Crippen molar-refractivity contribution in [3.8, 4) is 11.1 Å². The van der Waals surface area contributed by atoms with E-state index in [4.69, 9.17) is 4.99 Å². The summed E-state index contributed by atoms with van der Waals surface area (Å²) in [5, 5.41) is 5.06. The minimum atomic E-state index is -0.0792. The second-order valence-electron chi connectivity index (χ2n) is 14.6. The summed E-state index contributed by atoms with van der Waals surface area (Å²) in [5.74, 6) is 0. The lowest BCUT2D eigenvalue weighted by molar-refractivity contribution is 0.448. The maximum Gasteiger partial charge on any atom is 0.0746 e. The number of likely N-dealkylation sites (N-methyl/N-ethyl adjacent to an activating group) is 1. The van der Waals surface area contributed by atoms with Crippen LogP contribution in [0.5, 0.6) is 0 Å². The third-order valence-electron chi connectivity index (χ3n) is 11.2. The molecule has 2 heteroatoms. The molecule has 0 saturated heterocycles. The Kier molecular flexibility index (Phi) is 9.37. The van der Waals surface area contributed by atoms with E-state index in [0.717, 1.165) is 18.4 Å². The maximum atomic E-state index is 5.33. The highest BCUT2D eigenvalue weighted by molar-refractivity contribution is 6.14. The number of hydrogen-bond donors (Lipinski definition) is 0. The maximum absolute atomic E-state index is 5.33. The van der Waals surface area contributed by atoms with Crippen molar-refractivity contribution in [2.24, 2.45) is 4.99 Å². The molecule has 260 valence electrons. The smallest absolute Gasteiger partial charge is 0.0746 e. The molecule has 6 aromatic rings. The van der Waals surface area contributed by atoms with Crippen molar-refractivity contribution in [2.75, 3.05) is 7.05 Å². The zero-order valence-corrected chi connectivity index (χ0v) is 30.9. The topological polar surface area (TPSA) is 15.6 Å². The molecule has 0 amide bonds. The Morgan fingerprint density at radius 2 is 1.45 bits per heavy atom. The van der Waals surface area contributed by atoms with Gasteiger partial charge in [0.25, 0.3) is 0 Å². The molecule has 6 aromatic carbocycles. The normalized spacial score (nSPS) is 20.5. The number of aliphatic imine (C=N–C) groups is 1. The highest BCUT2D eigenvalue weighted by Crippen LogP contribution is 2.43. The van der Waals surface area contributed by atoms with Gasteiger partial charge in [-0.15, -0.1) is 0 Å². The number of nitrogens with zero attached hydrogens (tertiary/aromatic N) is 2. The molecule has 2 heterocycles. The first-order chi connectivity index (χ1) is 26.0. The zero-order chi connectivity index (χ0) is 36.4. The molecular weight excluding hydrogens is 641 g/mol. The lowest BCUT2D eigenvalue weighted by Gasteiger charge is -2.35. The van der Waals surface area contributed by atoms with Gasteiger partial charge in [-0.3, -0.25) is 4.99 Å². The minimum Gasteiger partial charge on any atom is -0.364 e. The van der Waals surface area contributed by atoms with Gasteiger partial charge in [-0.25, -0.2) is 0 Å². The lowest BCUT2D eigenvalue weighted by atomic mass is 9.76. The fourth-order valence-electron chi connectivity index (χ4n) is 8.20. The lowest BCUT2D eigenvalue weighted by Crippen LogP contribution is -2.32. The summed E-state index contributed by atoms with van der Waals surface area (Å²) in [6.45, 7) is 8.62. The number of hydrogen-bond acceptors (Lipinski definition) is 2. The Morgan fingerprint density at radius 1 is 0.774 bits per heavy atom. The van der Waals surface area contributed by atoms with Crippen LogP contribution in [-0.2, 0) is 5.41 Å². The molecule has 2 nitrogen and oxygen atoms in total. The quantitative estimate of drug-likeness (QED) is 0.115. The van der Waals surface area contributed by atoms with E-state index in [0.29, 0.717) is 0 Å². The first kappa shape index (κ1) is 34.1. The molecule has 0 aromatic heterocycles. The van der Waals surface area contributed by atoms with Gasteiger partial charge in [0.1, 0.15) is 0 Å². The minimum absolute atomic E-state index is 0.00629. The first-order valence-electron chi connectivity index (χ1n) is 18.8. The molecule has 0 radical (unpaired) electrons. The van der Waals surface area contributed by atoms with Crippen molar-refractivity contribution in [1.82, 2.24) is 4.90 Å². The van der Waals surface area contributed by atoms with E-state index in [9.17, 15) is 0 Å². The summed E-state index contributed by atoms with van der Waals surface area (Å²) in [5.41, 5.74) is 10.9. The second-order valence-corrected chi connectivity index (χ2v) is 14.6. The van der Waals surface area contributed by atoms with Crippen molar-refractivity contribution in [3.05, 3.63) is 204 Å². The van der Waals surface area contributed by atoms with Crippen LogP contribution in [0.25, 0.3) is 43.9 Å². The molecule has 0 spiro atoms. The van der Waals surface area contributed by atoms with E-state index in [2.05, 4.69) is 202 Å². The number of allylic oxidation sites excluding steroid dienone is 5. The van der Waals surface area contributed by atoms with Crippen molar-refractivity contribution >= 4 is 39.0 Å². The summed E-state index contributed by atoms with van der Waals surface area (Å²) in [7, 11) is 2.19. The van der Waals surface area contributed by atoms with Crippen LogP contribution < -0.4 is 0 Å². The summed E-state index contributed by atoms with van der Waals surface area (Å²) < 4.78 is 0. The molecule has 0 saturated carbocycles. The third-order valence-corrected chi connectivity index (χ3v) is 11.2. The van der Waals surface area contributed by atoms with Crippen molar-refractivity contribution in [1.29, 1.82) is 0 Å². The van der Waals surface area contributed by atoms with Crippen LogP contribution in [0.3, 0.4) is 0 Å². The number of benzene rings is 6. The van der Waals surface area contributed by atoms with Crippen LogP contribution in [0, 0.1) is 0 Å². The van der Waals surface area contributed by atoms with E-state index in [1.807, 2.05) is 6.08 Å². The van der Waals surface area contributed by atoms with E-state index >= 15 is 0 Å². The summed E-state index contributed by atoms with van der Waals surface area (Å²) in [6, 6.07) is 48.8. The molecule has 3 atom stereocenters. The van der Waals surface area contributed by atoms with Gasteiger partial charge in [-0.2, -0.15) is 0 Å². The van der Waals surface area contributed by atoms with Crippen molar-refractivity contribution < 1.29 is 0 Å². The first-order valence-corrected chi connectivity index (χ1v) is 18.8. The van der Waals surface area contributed by atoms with Gasteiger partial charge in [0.2, 0.25) is 0 Å². The predicted octanol–water partition coefficient (Wildman–Crippen LogP) is 13.0. The van der Waals surface area contributed by atoms with Gasteiger partial charge in [0.05, 0.1) is 12.1 Å². The molecule has 0 fully saturated rings. The van der Waals surface area contributed by atoms with E-state index in [1.54, 1.807) is 0 Å². The molecule has 8 rings (SSSR count). The van der Waals surface area contributed by atoms with Gasteiger partial charge >= 0.3 is 0 Å². The number of fused-ring (bicyclic) bond motifs is 3. The van der Waals surface area contributed by atoms with Crippen LogP contribution in [0.15, 0.2) is 187 Å². The average Bonchev–Trinajstić information content (AvgIpc) is 3.22. The monoisotopic (exact) mass is 686 g/mol. The Morgan fingerprint density at radius 3 is 2.17 bits per heavy atom. The second kappa shape index (κ2) is 14.6. The van der Waals surface area contributed by atoms with Gasteiger partial charge in [0, 0.05) is 24.4 Å². The molecule has 53 heavy (non-hydrogen) atoms. The van der Waals surface area contributed by atoms with Crippen LogP contribution in [-0.4, -0.2) is 24.2 Å². The average molecular weight is 687 g/mol. The molecule has 2 unspecified atom stereocenters. The van der Waals surface area contributed by atoms with E-state index in [1.165, 1.54) is 66.2 Å². The van der Waals surface area contributed by atoms with Gasteiger partial charge in [-0.05, 0) is 122 Å². The molecule has 2 aliphatic heterocycles. The highest BCUT2D eigenvalue weighted by Gasteiger charge is 2.31.